The van der Waals surface area contributed by atoms with Crippen LogP contribution in [0.3, 0.4) is 0 Å². The van der Waals surface area contributed by atoms with Gasteiger partial charge in [-0.2, -0.15) is 0 Å². The van der Waals surface area contributed by atoms with Crippen molar-refractivity contribution in [3.63, 3.8) is 0 Å². The third-order valence-electron chi connectivity index (χ3n) is 2.79. The van der Waals surface area contributed by atoms with E-state index in [0.717, 1.165) is 17.9 Å². The summed E-state index contributed by atoms with van der Waals surface area (Å²) in [5, 5.41) is 2.85. The molecule has 5 heteroatoms. The summed E-state index contributed by atoms with van der Waals surface area (Å²) >= 11 is 10.1. The molecule has 0 fully saturated rings. The molecule has 0 radical (unpaired) electrons. The van der Waals surface area contributed by atoms with Crippen LogP contribution in [0.5, 0.6) is 0 Å². The first-order valence-corrected chi connectivity index (χ1v) is 7.98. The van der Waals surface area contributed by atoms with Crippen molar-refractivity contribution >= 4 is 45.5 Å². The van der Waals surface area contributed by atoms with E-state index in [1.807, 2.05) is 18.2 Å². The molecule has 1 unspecified atom stereocenters. The zero-order valence-corrected chi connectivity index (χ0v) is 13.4. The number of hydrazine groups is 1. The standard InChI is InChI=1S/C13H14ClIN2S/c14-9-3-5-12(15)11(8-9)13(17-16)6-4-10-2-1-7-18-10/h1-3,5,7-8,13,17H,4,6,16H2. The lowest BCUT2D eigenvalue weighted by Crippen LogP contribution is -2.29. The first-order valence-electron chi connectivity index (χ1n) is 5.64. The van der Waals surface area contributed by atoms with Gasteiger partial charge in [0.1, 0.15) is 0 Å². The summed E-state index contributed by atoms with van der Waals surface area (Å²) in [7, 11) is 0. The molecule has 0 amide bonds. The minimum Gasteiger partial charge on any atom is -0.271 e. The molecule has 0 saturated heterocycles. The Morgan fingerprint density at radius 1 is 1.39 bits per heavy atom. The maximum atomic E-state index is 6.05. The highest BCUT2D eigenvalue weighted by Gasteiger charge is 2.13. The molecule has 0 spiro atoms. The number of rotatable bonds is 5. The van der Waals surface area contributed by atoms with E-state index in [0.29, 0.717) is 0 Å². The molecule has 0 aliphatic carbocycles. The van der Waals surface area contributed by atoms with Crippen LogP contribution in [0.2, 0.25) is 5.02 Å². The lowest BCUT2D eigenvalue weighted by molar-refractivity contribution is 0.516. The van der Waals surface area contributed by atoms with Crippen LogP contribution < -0.4 is 11.3 Å². The molecule has 1 heterocycles. The van der Waals surface area contributed by atoms with Gasteiger partial charge in [0, 0.05) is 19.5 Å². The van der Waals surface area contributed by atoms with Crippen LogP contribution in [0.25, 0.3) is 0 Å². The summed E-state index contributed by atoms with van der Waals surface area (Å²) < 4.78 is 1.19. The van der Waals surface area contributed by atoms with Crippen molar-refractivity contribution < 1.29 is 0 Å². The van der Waals surface area contributed by atoms with E-state index in [4.69, 9.17) is 17.4 Å². The van der Waals surface area contributed by atoms with Gasteiger partial charge in [0.15, 0.2) is 0 Å². The molecule has 96 valence electrons. The van der Waals surface area contributed by atoms with Gasteiger partial charge in [-0.25, -0.2) is 0 Å². The number of hydrogen-bond donors (Lipinski definition) is 2. The van der Waals surface area contributed by atoms with Crippen LogP contribution in [0.4, 0.5) is 0 Å². The Bertz CT molecular complexity index is 502. The monoisotopic (exact) mass is 392 g/mol. The largest absolute Gasteiger partial charge is 0.271 e. The highest BCUT2D eigenvalue weighted by Crippen LogP contribution is 2.27. The van der Waals surface area contributed by atoms with Crippen LogP contribution >= 0.6 is 45.5 Å². The number of hydrogen-bond acceptors (Lipinski definition) is 3. The Labute approximate surface area is 130 Å². The highest BCUT2D eigenvalue weighted by molar-refractivity contribution is 14.1. The van der Waals surface area contributed by atoms with Crippen molar-refractivity contribution in [1.29, 1.82) is 0 Å². The zero-order valence-electron chi connectivity index (χ0n) is 9.70. The van der Waals surface area contributed by atoms with E-state index in [9.17, 15) is 0 Å². The average Bonchev–Trinajstić information content (AvgIpc) is 2.87. The first kappa shape index (κ1) is 14.3. The summed E-state index contributed by atoms with van der Waals surface area (Å²) in [6.45, 7) is 0. The fraction of sp³-hybridized carbons (Fsp3) is 0.231. The molecular weight excluding hydrogens is 379 g/mol. The minimum atomic E-state index is 0.137. The predicted octanol–water partition coefficient (Wildman–Crippen LogP) is 4.14. The Balaban J connectivity index is 2.10. The van der Waals surface area contributed by atoms with E-state index >= 15 is 0 Å². The Kier molecular flexibility index (Phi) is 5.44. The molecule has 0 saturated carbocycles. The third kappa shape index (κ3) is 3.68. The molecule has 3 N–H and O–H groups in total. The van der Waals surface area contributed by atoms with Gasteiger partial charge in [-0.15, -0.1) is 11.3 Å². The normalized spacial score (nSPS) is 12.6. The van der Waals surface area contributed by atoms with E-state index < -0.39 is 0 Å². The topological polar surface area (TPSA) is 38.0 Å². The van der Waals surface area contributed by atoms with Crippen LogP contribution in [0.15, 0.2) is 35.7 Å². The summed E-state index contributed by atoms with van der Waals surface area (Å²) in [6.07, 6.45) is 1.99. The molecule has 1 atom stereocenters. The van der Waals surface area contributed by atoms with E-state index in [1.54, 1.807) is 11.3 Å². The van der Waals surface area contributed by atoms with Gasteiger partial charge in [-0.1, -0.05) is 17.7 Å². The van der Waals surface area contributed by atoms with E-state index in [-0.39, 0.29) is 6.04 Å². The quantitative estimate of drug-likeness (QED) is 0.456. The molecule has 2 aromatic rings. The Morgan fingerprint density at radius 2 is 2.22 bits per heavy atom. The van der Waals surface area contributed by atoms with Crippen LogP contribution in [-0.2, 0) is 6.42 Å². The molecule has 18 heavy (non-hydrogen) atoms. The third-order valence-corrected chi connectivity index (χ3v) is 4.95. The zero-order chi connectivity index (χ0) is 13.0. The van der Waals surface area contributed by atoms with Crippen LogP contribution in [-0.4, -0.2) is 0 Å². The first-order chi connectivity index (χ1) is 8.70. The number of thiophene rings is 1. The average molecular weight is 393 g/mol. The molecular formula is C13H14ClIN2S. The van der Waals surface area contributed by atoms with Gasteiger partial charge in [0.25, 0.3) is 0 Å². The lowest BCUT2D eigenvalue weighted by Gasteiger charge is -2.17. The maximum Gasteiger partial charge on any atom is 0.0474 e. The summed E-state index contributed by atoms with van der Waals surface area (Å²) in [6, 6.07) is 10.3. The lowest BCUT2D eigenvalue weighted by atomic mass is 10.0. The van der Waals surface area contributed by atoms with Gasteiger partial charge in [0.05, 0.1) is 0 Å². The number of halogens is 2. The summed E-state index contributed by atoms with van der Waals surface area (Å²) in [5.74, 6) is 5.67. The van der Waals surface area contributed by atoms with E-state index in [2.05, 4.69) is 45.5 Å². The number of nitrogens with one attached hydrogen (secondary N) is 1. The van der Waals surface area contributed by atoms with Crippen molar-refractivity contribution in [2.24, 2.45) is 5.84 Å². The smallest absolute Gasteiger partial charge is 0.0474 e. The minimum absolute atomic E-state index is 0.137. The number of benzene rings is 1. The SMILES string of the molecule is NNC(CCc1cccs1)c1cc(Cl)ccc1I. The molecule has 0 aliphatic heterocycles. The van der Waals surface area contributed by atoms with Crippen molar-refractivity contribution in [2.75, 3.05) is 0 Å². The molecule has 2 nitrogen and oxygen atoms in total. The fourth-order valence-electron chi connectivity index (χ4n) is 1.85. The van der Waals surface area contributed by atoms with Crippen LogP contribution in [0.1, 0.15) is 22.9 Å². The van der Waals surface area contributed by atoms with Crippen molar-refractivity contribution in [2.45, 2.75) is 18.9 Å². The number of aryl methyl sites for hydroxylation is 1. The van der Waals surface area contributed by atoms with Crippen molar-refractivity contribution in [1.82, 2.24) is 5.43 Å². The highest BCUT2D eigenvalue weighted by atomic mass is 127. The molecule has 1 aromatic heterocycles. The molecule has 0 aliphatic rings. The van der Waals surface area contributed by atoms with Gasteiger partial charge >= 0.3 is 0 Å². The van der Waals surface area contributed by atoms with Gasteiger partial charge in [-0.05, 0) is 70.6 Å². The van der Waals surface area contributed by atoms with E-state index in [1.165, 1.54) is 14.0 Å². The van der Waals surface area contributed by atoms with Crippen LogP contribution in [0, 0.1) is 3.57 Å². The summed E-state index contributed by atoms with van der Waals surface area (Å²) in [5.41, 5.74) is 4.06. The molecule has 1 aromatic carbocycles. The number of nitrogens with two attached hydrogens (primary N) is 1. The summed E-state index contributed by atoms with van der Waals surface area (Å²) in [4.78, 5) is 1.38. The van der Waals surface area contributed by atoms with Gasteiger partial charge in [-0.3, -0.25) is 11.3 Å². The second-order valence-corrected chi connectivity index (χ2v) is 6.63. The second kappa shape index (κ2) is 6.86. The molecule has 0 bridgehead atoms. The maximum absolute atomic E-state index is 6.05. The second-order valence-electron chi connectivity index (χ2n) is 4.00. The fourth-order valence-corrected chi connectivity index (χ4v) is 3.47. The van der Waals surface area contributed by atoms with Gasteiger partial charge < -0.3 is 0 Å². The van der Waals surface area contributed by atoms with Crippen molar-refractivity contribution in [3.05, 3.63) is 54.7 Å². The van der Waals surface area contributed by atoms with Crippen molar-refractivity contribution in [3.8, 4) is 0 Å². The van der Waals surface area contributed by atoms with Gasteiger partial charge in [0.2, 0.25) is 0 Å². The predicted molar refractivity (Wildman–Crippen MR) is 86.9 cm³/mol. The Hall–Kier alpha value is -0.140. The molecule has 2 rings (SSSR count). The Morgan fingerprint density at radius 3 is 2.89 bits per heavy atom.